The molecule has 2 rings (SSSR count). The van der Waals surface area contributed by atoms with Crippen LogP contribution in [0.25, 0.3) is 0 Å². The Balaban J connectivity index is 1.77. The van der Waals surface area contributed by atoms with E-state index in [1.165, 1.54) is 5.56 Å². The van der Waals surface area contributed by atoms with E-state index in [4.69, 9.17) is 13.9 Å². The predicted octanol–water partition coefficient (Wildman–Crippen LogP) is 1.52. The highest BCUT2D eigenvalue weighted by Gasteiger charge is 2.20. The zero-order valence-corrected chi connectivity index (χ0v) is 9.72. The Hall–Kier alpha value is -0.840. The molecule has 4 nitrogen and oxygen atoms in total. The Morgan fingerprint density at radius 2 is 2.50 bits per heavy atom. The van der Waals surface area contributed by atoms with Crippen LogP contribution in [0.1, 0.15) is 12.0 Å². The minimum Gasteiger partial charge on any atom is -0.472 e. The first-order chi connectivity index (χ1) is 7.88. The number of morpholine rings is 1. The number of ether oxygens (including phenoxy) is 2. The van der Waals surface area contributed by atoms with Crippen LogP contribution in [0.3, 0.4) is 0 Å². The third-order valence-corrected chi connectivity index (χ3v) is 2.85. The highest BCUT2D eigenvalue weighted by molar-refractivity contribution is 5.05. The van der Waals surface area contributed by atoms with E-state index in [1.807, 2.05) is 6.07 Å². The van der Waals surface area contributed by atoms with Gasteiger partial charge in [0.1, 0.15) is 0 Å². The first-order valence-corrected chi connectivity index (χ1v) is 5.72. The molecule has 1 aromatic heterocycles. The van der Waals surface area contributed by atoms with Gasteiger partial charge in [-0.25, -0.2) is 0 Å². The highest BCUT2D eigenvalue weighted by Crippen LogP contribution is 2.12. The molecule has 0 N–H and O–H groups in total. The van der Waals surface area contributed by atoms with E-state index in [0.717, 1.165) is 39.3 Å². The van der Waals surface area contributed by atoms with Gasteiger partial charge >= 0.3 is 0 Å². The second-order valence-electron chi connectivity index (χ2n) is 4.14. The van der Waals surface area contributed by atoms with Gasteiger partial charge in [0.05, 0.1) is 25.2 Å². The number of rotatable bonds is 5. The molecule has 0 unspecified atom stereocenters. The summed E-state index contributed by atoms with van der Waals surface area (Å²) in [4.78, 5) is 2.40. The number of nitrogens with zero attached hydrogens (tertiary/aromatic N) is 1. The van der Waals surface area contributed by atoms with Crippen LogP contribution in [0.4, 0.5) is 0 Å². The molecule has 1 aromatic rings. The topological polar surface area (TPSA) is 34.8 Å². The first-order valence-electron chi connectivity index (χ1n) is 5.72. The van der Waals surface area contributed by atoms with Crippen LogP contribution in [0.15, 0.2) is 23.0 Å². The lowest BCUT2D eigenvalue weighted by atomic mass is 10.2. The van der Waals surface area contributed by atoms with Crippen LogP contribution in [-0.4, -0.2) is 44.4 Å². The summed E-state index contributed by atoms with van der Waals surface area (Å²) in [6.07, 6.45) is 4.80. The van der Waals surface area contributed by atoms with E-state index in [9.17, 15) is 0 Å². The summed E-state index contributed by atoms with van der Waals surface area (Å²) in [5, 5.41) is 0. The fourth-order valence-corrected chi connectivity index (χ4v) is 1.99. The lowest BCUT2D eigenvalue weighted by Gasteiger charge is -2.32. The molecule has 1 saturated heterocycles. The monoisotopic (exact) mass is 225 g/mol. The summed E-state index contributed by atoms with van der Waals surface area (Å²) in [5.41, 5.74) is 1.23. The zero-order chi connectivity index (χ0) is 11.2. The summed E-state index contributed by atoms with van der Waals surface area (Å²) in [6, 6.07) is 2.01. The number of hydrogen-bond acceptors (Lipinski definition) is 4. The van der Waals surface area contributed by atoms with Crippen molar-refractivity contribution in [3.8, 4) is 0 Å². The van der Waals surface area contributed by atoms with Crippen LogP contribution < -0.4 is 0 Å². The molecule has 90 valence electrons. The average molecular weight is 225 g/mol. The van der Waals surface area contributed by atoms with Crippen molar-refractivity contribution >= 4 is 0 Å². The van der Waals surface area contributed by atoms with Gasteiger partial charge in [-0.15, -0.1) is 0 Å². The van der Waals surface area contributed by atoms with Crippen molar-refractivity contribution in [1.82, 2.24) is 4.90 Å². The molecule has 0 spiro atoms. The van der Waals surface area contributed by atoms with Crippen molar-refractivity contribution in [3.05, 3.63) is 24.2 Å². The van der Waals surface area contributed by atoms with Crippen LogP contribution in [-0.2, 0) is 16.0 Å². The smallest absolute Gasteiger partial charge is 0.0947 e. The second-order valence-corrected chi connectivity index (χ2v) is 4.14. The SMILES string of the molecule is COCC[C@@H]1CN(Cc2ccoc2)CCO1. The van der Waals surface area contributed by atoms with E-state index in [0.29, 0.717) is 6.10 Å². The minimum atomic E-state index is 0.306. The van der Waals surface area contributed by atoms with Crippen LogP contribution in [0.5, 0.6) is 0 Å². The molecule has 0 aliphatic carbocycles. The van der Waals surface area contributed by atoms with Gasteiger partial charge in [-0.1, -0.05) is 0 Å². The molecule has 1 fully saturated rings. The minimum absolute atomic E-state index is 0.306. The first kappa shape index (κ1) is 11.6. The molecule has 0 radical (unpaired) electrons. The number of furan rings is 1. The van der Waals surface area contributed by atoms with Gasteiger partial charge in [0, 0.05) is 38.9 Å². The van der Waals surface area contributed by atoms with Gasteiger partial charge in [-0.3, -0.25) is 4.90 Å². The van der Waals surface area contributed by atoms with Gasteiger partial charge in [-0.05, 0) is 12.5 Å². The molecule has 1 aliphatic heterocycles. The van der Waals surface area contributed by atoms with Crippen molar-refractivity contribution in [2.24, 2.45) is 0 Å². The summed E-state index contributed by atoms with van der Waals surface area (Å²) in [6.45, 7) is 4.50. The Kier molecular flexibility index (Phi) is 4.39. The molecule has 0 saturated carbocycles. The Morgan fingerprint density at radius 1 is 1.56 bits per heavy atom. The lowest BCUT2D eigenvalue weighted by Crippen LogP contribution is -2.42. The quantitative estimate of drug-likeness (QED) is 0.761. The largest absolute Gasteiger partial charge is 0.472 e. The number of methoxy groups -OCH3 is 1. The van der Waals surface area contributed by atoms with Crippen molar-refractivity contribution in [2.75, 3.05) is 33.4 Å². The number of hydrogen-bond donors (Lipinski definition) is 0. The van der Waals surface area contributed by atoms with Crippen molar-refractivity contribution in [1.29, 1.82) is 0 Å². The maximum atomic E-state index is 5.68. The summed E-state index contributed by atoms with van der Waals surface area (Å²) < 4.78 is 15.8. The molecular weight excluding hydrogens is 206 g/mol. The second kappa shape index (κ2) is 6.03. The van der Waals surface area contributed by atoms with Crippen molar-refractivity contribution in [2.45, 2.75) is 19.1 Å². The standard InChI is InChI=1S/C12H19NO3/c1-14-5-3-12-9-13(4-7-16-12)8-11-2-6-15-10-11/h2,6,10,12H,3-5,7-9H2,1H3/t12-/m1/s1. The van der Waals surface area contributed by atoms with Gasteiger partial charge in [-0.2, -0.15) is 0 Å². The molecule has 1 atom stereocenters. The maximum absolute atomic E-state index is 5.68. The third kappa shape index (κ3) is 3.33. The van der Waals surface area contributed by atoms with E-state index >= 15 is 0 Å². The van der Waals surface area contributed by atoms with Crippen molar-refractivity contribution in [3.63, 3.8) is 0 Å². The van der Waals surface area contributed by atoms with E-state index in [2.05, 4.69) is 4.90 Å². The van der Waals surface area contributed by atoms with Gasteiger partial charge in [0.15, 0.2) is 0 Å². The molecule has 0 bridgehead atoms. The molecule has 0 amide bonds. The molecule has 2 heterocycles. The van der Waals surface area contributed by atoms with Gasteiger partial charge < -0.3 is 13.9 Å². The Morgan fingerprint density at radius 3 is 3.25 bits per heavy atom. The molecule has 0 aromatic carbocycles. The molecule has 16 heavy (non-hydrogen) atoms. The average Bonchev–Trinajstić information content (AvgIpc) is 2.80. The van der Waals surface area contributed by atoms with Crippen LogP contribution in [0.2, 0.25) is 0 Å². The summed E-state index contributed by atoms with van der Waals surface area (Å²) in [5.74, 6) is 0. The summed E-state index contributed by atoms with van der Waals surface area (Å²) >= 11 is 0. The Bertz CT molecular complexity index is 286. The molecule has 1 aliphatic rings. The fourth-order valence-electron chi connectivity index (χ4n) is 1.99. The van der Waals surface area contributed by atoms with E-state index in [1.54, 1.807) is 19.6 Å². The van der Waals surface area contributed by atoms with E-state index < -0.39 is 0 Å². The predicted molar refractivity (Wildman–Crippen MR) is 60.2 cm³/mol. The van der Waals surface area contributed by atoms with Crippen LogP contribution in [0, 0.1) is 0 Å². The fraction of sp³-hybridized carbons (Fsp3) is 0.667. The third-order valence-electron chi connectivity index (χ3n) is 2.85. The molecule has 4 heteroatoms. The summed E-state index contributed by atoms with van der Waals surface area (Å²) in [7, 11) is 1.73. The lowest BCUT2D eigenvalue weighted by molar-refractivity contribution is -0.0432. The normalized spacial score (nSPS) is 22.4. The van der Waals surface area contributed by atoms with Crippen molar-refractivity contribution < 1.29 is 13.9 Å². The zero-order valence-electron chi connectivity index (χ0n) is 9.72. The van der Waals surface area contributed by atoms with Gasteiger partial charge in [0.25, 0.3) is 0 Å². The molecular formula is C12H19NO3. The van der Waals surface area contributed by atoms with E-state index in [-0.39, 0.29) is 0 Å². The Labute approximate surface area is 96.1 Å². The van der Waals surface area contributed by atoms with Gasteiger partial charge in [0.2, 0.25) is 0 Å². The highest BCUT2D eigenvalue weighted by atomic mass is 16.5. The maximum Gasteiger partial charge on any atom is 0.0947 e. The van der Waals surface area contributed by atoms with Crippen LogP contribution >= 0.6 is 0 Å².